The molecule has 0 aliphatic heterocycles. The van der Waals surface area contributed by atoms with Crippen molar-refractivity contribution in [2.45, 2.75) is 13.3 Å². The van der Waals surface area contributed by atoms with Crippen molar-refractivity contribution in [3.8, 4) is 0 Å². The van der Waals surface area contributed by atoms with E-state index < -0.39 is 14.7 Å². The Bertz CT molecular complexity index is 21.4. The van der Waals surface area contributed by atoms with Crippen molar-refractivity contribution in [3.05, 3.63) is 6.92 Å². The van der Waals surface area contributed by atoms with E-state index in [1.54, 1.807) is 0 Å². The number of rotatable bonds is 0. The molecule has 0 radical (unpaired) electrons. The topological polar surface area (TPSA) is 0 Å². The van der Waals surface area contributed by atoms with Crippen LogP contribution in [0.1, 0.15) is 13.3 Å². The molecule has 0 bridgehead atoms. The first-order valence-corrected chi connectivity index (χ1v) is 18.6. The minimum atomic E-state index is -1.11. The maximum Gasteiger partial charge on any atom is -0.0927 e. The SMILES string of the molecule is [Br][Zr]([Br])[Br].[CH2-]CC. The van der Waals surface area contributed by atoms with Crippen LogP contribution in [0.5, 0.6) is 0 Å². The summed E-state index contributed by atoms with van der Waals surface area (Å²) in [4.78, 5) is 0. The van der Waals surface area contributed by atoms with Crippen LogP contribution >= 0.6 is 36.7 Å². The molecular weight excluding hydrogens is 367 g/mol. The molecule has 0 aromatic rings. The molecule has 0 N–H and O–H groups in total. The van der Waals surface area contributed by atoms with Crippen molar-refractivity contribution in [3.63, 3.8) is 0 Å². The van der Waals surface area contributed by atoms with E-state index in [0.717, 1.165) is 6.42 Å². The Kier molecular flexibility index (Phi) is 19.2. The van der Waals surface area contributed by atoms with E-state index in [2.05, 4.69) is 43.6 Å². The number of hydrogen-bond donors (Lipinski definition) is 0. The van der Waals surface area contributed by atoms with Crippen molar-refractivity contribution in [1.82, 2.24) is 0 Å². The monoisotopic (exact) mass is 370 g/mol. The molecule has 7 heavy (non-hydrogen) atoms. The first-order valence-electron chi connectivity index (χ1n) is 1.77. The third-order valence-corrected chi connectivity index (χ3v) is 0. The van der Waals surface area contributed by atoms with E-state index in [1.165, 1.54) is 0 Å². The van der Waals surface area contributed by atoms with Gasteiger partial charge in [-0.1, -0.05) is 6.92 Å². The van der Waals surface area contributed by atoms with Gasteiger partial charge in [0.15, 0.2) is 0 Å². The zero-order valence-corrected chi connectivity index (χ0v) is 11.3. The van der Waals surface area contributed by atoms with Crippen LogP contribution in [0.25, 0.3) is 0 Å². The maximum absolute atomic E-state index is 3.49. The van der Waals surface area contributed by atoms with Gasteiger partial charge in [-0.15, -0.1) is 0 Å². The molecule has 0 saturated carbocycles. The Balaban J connectivity index is 0. The van der Waals surface area contributed by atoms with Crippen LogP contribution in [0.2, 0.25) is 0 Å². The molecule has 4 heteroatoms. The van der Waals surface area contributed by atoms with Gasteiger partial charge in [-0.05, 0) is 0 Å². The molecule has 0 aliphatic carbocycles. The van der Waals surface area contributed by atoms with E-state index in [0.29, 0.717) is 0 Å². The molecule has 0 aromatic heterocycles. The van der Waals surface area contributed by atoms with E-state index in [1.807, 2.05) is 6.92 Å². The van der Waals surface area contributed by atoms with Gasteiger partial charge >= 0.3 is 51.4 Å². The summed E-state index contributed by atoms with van der Waals surface area (Å²) in [7, 11) is 0. The van der Waals surface area contributed by atoms with Crippen LogP contribution in [-0.4, -0.2) is 0 Å². The molecule has 0 aliphatic rings. The summed E-state index contributed by atoms with van der Waals surface area (Å²) in [5.41, 5.74) is 0. The van der Waals surface area contributed by atoms with Crippen molar-refractivity contribution in [2.24, 2.45) is 0 Å². The third kappa shape index (κ3) is 61.7. The zero-order chi connectivity index (χ0) is 6.28. The Morgan fingerprint density at radius 3 is 1.43 bits per heavy atom. The van der Waals surface area contributed by atoms with Gasteiger partial charge < -0.3 is 6.92 Å². The summed E-state index contributed by atoms with van der Waals surface area (Å²) in [6, 6.07) is 0. The summed E-state index contributed by atoms with van der Waals surface area (Å²) >= 11 is 8.80. The maximum atomic E-state index is 3.49. The Morgan fingerprint density at radius 1 is 1.43 bits per heavy atom. The molecule has 0 heterocycles. The van der Waals surface area contributed by atoms with Crippen LogP contribution < -0.4 is 0 Å². The van der Waals surface area contributed by atoms with E-state index in [4.69, 9.17) is 0 Å². The molecule has 0 nitrogen and oxygen atoms in total. The van der Waals surface area contributed by atoms with Gasteiger partial charge in [-0.25, -0.2) is 0 Å². The van der Waals surface area contributed by atoms with Gasteiger partial charge in [0.1, 0.15) is 0 Å². The molecule has 0 rings (SSSR count). The van der Waals surface area contributed by atoms with Gasteiger partial charge in [0.05, 0.1) is 0 Å². The van der Waals surface area contributed by atoms with Crippen LogP contribution in [0.3, 0.4) is 0 Å². The quantitative estimate of drug-likeness (QED) is 0.567. The molecule has 0 fully saturated rings. The van der Waals surface area contributed by atoms with Gasteiger partial charge in [-0.2, -0.15) is 6.42 Å². The Hall–Kier alpha value is 2.32. The fraction of sp³-hybridized carbons (Fsp3) is 0.667. The molecular formula is C3H7Br3Zr-. The molecule has 0 atom stereocenters. The number of halogens is 3. The summed E-state index contributed by atoms with van der Waals surface area (Å²) in [5.74, 6) is 0. The van der Waals surface area contributed by atoms with E-state index in [9.17, 15) is 0 Å². The van der Waals surface area contributed by atoms with Gasteiger partial charge in [0.25, 0.3) is 0 Å². The standard InChI is InChI=1S/C3H7.3BrH.Zr/c1-3-2;;;;/h1,3H2,2H3;3*1H;/q-1;;;;+3/p-3. The molecule has 0 spiro atoms. The summed E-state index contributed by atoms with van der Waals surface area (Å²) < 4.78 is 0. The van der Waals surface area contributed by atoms with Crippen LogP contribution in [0, 0.1) is 6.92 Å². The summed E-state index contributed by atoms with van der Waals surface area (Å²) in [6.45, 7) is 5.50. The van der Waals surface area contributed by atoms with Gasteiger partial charge in [0, 0.05) is 0 Å². The molecule has 0 amide bonds. The summed E-state index contributed by atoms with van der Waals surface area (Å²) in [6.07, 6.45) is 1.00. The third-order valence-electron chi connectivity index (χ3n) is 0. The van der Waals surface area contributed by atoms with Crippen molar-refractivity contribution in [1.29, 1.82) is 0 Å². The summed E-state index contributed by atoms with van der Waals surface area (Å²) in [5, 5.41) is 0. The van der Waals surface area contributed by atoms with Crippen LogP contribution in [0.4, 0.5) is 0 Å². The van der Waals surface area contributed by atoms with E-state index >= 15 is 0 Å². The fourth-order valence-electron chi connectivity index (χ4n) is 0. The second kappa shape index (κ2) is 11.2. The smallest absolute Gasteiger partial charge is 0.0927 e. The number of hydrogen-bond acceptors (Lipinski definition) is 0. The molecule has 0 saturated heterocycles. The molecule has 45 valence electrons. The van der Waals surface area contributed by atoms with E-state index in [-0.39, 0.29) is 0 Å². The second-order valence-electron chi connectivity index (χ2n) is 0.714. The molecule has 0 aromatic carbocycles. The van der Waals surface area contributed by atoms with Gasteiger partial charge in [-0.3, -0.25) is 0 Å². The minimum absolute atomic E-state index is 1.00. The first kappa shape index (κ1) is 12.0. The van der Waals surface area contributed by atoms with Crippen LogP contribution in [-0.2, 0) is 14.7 Å². The Morgan fingerprint density at radius 2 is 1.43 bits per heavy atom. The predicted molar refractivity (Wildman–Crippen MR) is 42.4 cm³/mol. The molecule has 0 unspecified atom stereocenters. The van der Waals surface area contributed by atoms with Gasteiger partial charge in [0.2, 0.25) is 0 Å². The zero-order valence-electron chi connectivity index (χ0n) is 4.05. The normalized spacial score (nSPS) is 6.43. The second-order valence-corrected chi connectivity index (χ2v) is 34.7. The average molecular weight is 374 g/mol. The van der Waals surface area contributed by atoms with Crippen molar-refractivity contribution in [2.75, 3.05) is 0 Å². The predicted octanol–water partition coefficient (Wildman–Crippen LogP) is 3.76. The first-order chi connectivity index (χ1) is 3.15. The van der Waals surface area contributed by atoms with Crippen molar-refractivity contribution < 1.29 is 14.7 Å². The van der Waals surface area contributed by atoms with Crippen molar-refractivity contribution >= 4 is 36.7 Å². The largest absolute Gasteiger partial charge is 0.344 e. The average Bonchev–Trinajstić information content (AvgIpc) is 1.33. The van der Waals surface area contributed by atoms with Crippen LogP contribution in [0.15, 0.2) is 0 Å². The minimum Gasteiger partial charge on any atom is -0.344 e. The Labute approximate surface area is 70.5 Å². The fourth-order valence-corrected chi connectivity index (χ4v) is 0.